The molecule has 1 fully saturated rings. The molecule has 1 rings (SSSR count). The van der Waals surface area contributed by atoms with E-state index in [0.29, 0.717) is 12.0 Å². The molecule has 0 aromatic heterocycles. The van der Waals surface area contributed by atoms with Gasteiger partial charge >= 0.3 is 0 Å². The van der Waals surface area contributed by atoms with E-state index in [1.54, 1.807) is 7.11 Å². The SMILES string of the molecule is COCCC(NCC1(O)CCCC1)C(C)C. The van der Waals surface area contributed by atoms with Crippen molar-refractivity contribution < 1.29 is 9.84 Å². The van der Waals surface area contributed by atoms with Crippen molar-refractivity contribution in [3.8, 4) is 0 Å². The van der Waals surface area contributed by atoms with Crippen LogP contribution in [0.1, 0.15) is 46.0 Å². The topological polar surface area (TPSA) is 41.5 Å². The van der Waals surface area contributed by atoms with Crippen LogP contribution in [0.15, 0.2) is 0 Å². The zero-order chi connectivity index (χ0) is 12.0. The highest BCUT2D eigenvalue weighted by Crippen LogP contribution is 2.28. The first-order valence-electron chi connectivity index (χ1n) is 6.52. The third-order valence-electron chi connectivity index (χ3n) is 3.67. The Labute approximate surface area is 99.6 Å². The third-order valence-corrected chi connectivity index (χ3v) is 3.67. The van der Waals surface area contributed by atoms with Gasteiger partial charge in [-0.05, 0) is 25.2 Å². The molecule has 0 radical (unpaired) electrons. The van der Waals surface area contributed by atoms with E-state index < -0.39 is 5.60 Å². The Morgan fingerprint density at radius 1 is 1.31 bits per heavy atom. The van der Waals surface area contributed by atoms with Crippen LogP contribution in [0.5, 0.6) is 0 Å². The van der Waals surface area contributed by atoms with E-state index in [1.165, 1.54) is 12.8 Å². The van der Waals surface area contributed by atoms with Crippen LogP contribution in [0, 0.1) is 5.92 Å². The van der Waals surface area contributed by atoms with Crippen LogP contribution in [-0.2, 0) is 4.74 Å². The number of nitrogens with one attached hydrogen (secondary N) is 1. The number of methoxy groups -OCH3 is 1. The van der Waals surface area contributed by atoms with Crippen molar-refractivity contribution >= 4 is 0 Å². The molecule has 2 N–H and O–H groups in total. The highest BCUT2D eigenvalue weighted by atomic mass is 16.5. The third kappa shape index (κ3) is 4.40. The van der Waals surface area contributed by atoms with Gasteiger partial charge in [0.2, 0.25) is 0 Å². The summed E-state index contributed by atoms with van der Waals surface area (Å²) in [6.45, 7) is 5.95. The lowest BCUT2D eigenvalue weighted by atomic mass is 9.98. The van der Waals surface area contributed by atoms with Gasteiger partial charge in [0.1, 0.15) is 0 Å². The number of hydrogen-bond donors (Lipinski definition) is 2. The van der Waals surface area contributed by atoms with E-state index >= 15 is 0 Å². The maximum Gasteiger partial charge on any atom is 0.0771 e. The molecule has 0 amide bonds. The monoisotopic (exact) mass is 229 g/mol. The lowest BCUT2D eigenvalue weighted by Gasteiger charge is -2.28. The van der Waals surface area contributed by atoms with Gasteiger partial charge < -0.3 is 15.2 Å². The number of hydrogen-bond acceptors (Lipinski definition) is 3. The number of rotatable bonds is 7. The largest absolute Gasteiger partial charge is 0.389 e. The van der Waals surface area contributed by atoms with Crippen LogP contribution in [0.3, 0.4) is 0 Å². The summed E-state index contributed by atoms with van der Waals surface area (Å²) in [5, 5.41) is 13.8. The molecule has 0 heterocycles. The summed E-state index contributed by atoms with van der Waals surface area (Å²) in [5.74, 6) is 0.583. The Hall–Kier alpha value is -0.120. The van der Waals surface area contributed by atoms with E-state index in [-0.39, 0.29) is 0 Å². The molecule has 0 saturated heterocycles. The average Bonchev–Trinajstić information content (AvgIpc) is 2.65. The molecule has 0 aliphatic heterocycles. The zero-order valence-corrected chi connectivity index (χ0v) is 11.0. The summed E-state index contributed by atoms with van der Waals surface area (Å²) in [7, 11) is 1.74. The number of aliphatic hydroxyl groups is 1. The summed E-state index contributed by atoms with van der Waals surface area (Å²) in [6, 6.07) is 0.449. The first-order chi connectivity index (χ1) is 7.57. The Kier molecular flexibility index (Phi) is 5.73. The molecule has 0 spiro atoms. The Balaban J connectivity index is 2.31. The van der Waals surface area contributed by atoms with E-state index in [1.807, 2.05) is 0 Å². The van der Waals surface area contributed by atoms with Gasteiger partial charge in [-0.15, -0.1) is 0 Å². The normalized spacial score (nSPS) is 21.6. The first kappa shape index (κ1) is 13.9. The van der Waals surface area contributed by atoms with Gasteiger partial charge in [0.05, 0.1) is 5.60 Å². The van der Waals surface area contributed by atoms with Gasteiger partial charge in [0.25, 0.3) is 0 Å². The van der Waals surface area contributed by atoms with Crippen molar-refractivity contribution in [3.05, 3.63) is 0 Å². The molecular formula is C13H27NO2. The van der Waals surface area contributed by atoms with Crippen molar-refractivity contribution in [2.45, 2.75) is 57.6 Å². The fraction of sp³-hybridized carbons (Fsp3) is 1.00. The zero-order valence-electron chi connectivity index (χ0n) is 11.0. The summed E-state index contributed by atoms with van der Waals surface area (Å²) in [6.07, 6.45) is 5.26. The minimum Gasteiger partial charge on any atom is -0.389 e. The molecule has 3 heteroatoms. The predicted molar refractivity (Wildman–Crippen MR) is 66.5 cm³/mol. The quantitative estimate of drug-likeness (QED) is 0.701. The average molecular weight is 229 g/mol. The highest BCUT2D eigenvalue weighted by molar-refractivity contribution is 4.87. The van der Waals surface area contributed by atoms with Crippen LogP contribution < -0.4 is 5.32 Å². The molecular weight excluding hydrogens is 202 g/mol. The van der Waals surface area contributed by atoms with Crippen molar-refractivity contribution in [1.82, 2.24) is 5.32 Å². The standard InChI is InChI=1S/C13H27NO2/c1-11(2)12(6-9-16-3)14-10-13(15)7-4-5-8-13/h11-12,14-15H,4-10H2,1-3H3. The Morgan fingerprint density at radius 2 is 1.94 bits per heavy atom. The molecule has 0 aromatic rings. The summed E-state index contributed by atoms with van der Waals surface area (Å²) < 4.78 is 5.12. The molecule has 3 nitrogen and oxygen atoms in total. The molecule has 96 valence electrons. The van der Waals surface area contributed by atoms with Crippen LogP contribution >= 0.6 is 0 Å². The van der Waals surface area contributed by atoms with E-state index in [2.05, 4.69) is 19.2 Å². The second kappa shape index (κ2) is 6.58. The van der Waals surface area contributed by atoms with Gasteiger partial charge in [-0.25, -0.2) is 0 Å². The molecule has 1 unspecified atom stereocenters. The van der Waals surface area contributed by atoms with Crippen LogP contribution in [-0.4, -0.2) is 37.0 Å². The lowest BCUT2D eigenvalue weighted by Crippen LogP contribution is -2.45. The van der Waals surface area contributed by atoms with Gasteiger partial charge in [0.15, 0.2) is 0 Å². The number of ether oxygens (including phenoxy) is 1. The smallest absolute Gasteiger partial charge is 0.0771 e. The fourth-order valence-electron chi connectivity index (χ4n) is 2.45. The lowest BCUT2D eigenvalue weighted by molar-refractivity contribution is 0.0413. The van der Waals surface area contributed by atoms with Gasteiger partial charge in [0, 0.05) is 26.3 Å². The van der Waals surface area contributed by atoms with Crippen molar-refractivity contribution in [3.63, 3.8) is 0 Å². The highest BCUT2D eigenvalue weighted by Gasteiger charge is 2.31. The van der Waals surface area contributed by atoms with Crippen LogP contribution in [0.4, 0.5) is 0 Å². The summed E-state index contributed by atoms with van der Waals surface area (Å²) in [4.78, 5) is 0. The minimum atomic E-state index is -0.444. The molecule has 0 aromatic carbocycles. The fourth-order valence-corrected chi connectivity index (χ4v) is 2.45. The molecule has 1 saturated carbocycles. The van der Waals surface area contributed by atoms with E-state index in [4.69, 9.17) is 4.74 Å². The van der Waals surface area contributed by atoms with Crippen LogP contribution in [0.25, 0.3) is 0 Å². The molecule has 1 aliphatic carbocycles. The maximum atomic E-state index is 10.3. The summed E-state index contributed by atoms with van der Waals surface area (Å²) in [5.41, 5.74) is -0.444. The summed E-state index contributed by atoms with van der Waals surface area (Å²) >= 11 is 0. The van der Waals surface area contributed by atoms with E-state index in [9.17, 15) is 5.11 Å². The van der Waals surface area contributed by atoms with Gasteiger partial charge in [-0.3, -0.25) is 0 Å². The van der Waals surface area contributed by atoms with Crippen molar-refractivity contribution in [2.75, 3.05) is 20.3 Å². The van der Waals surface area contributed by atoms with Crippen LogP contribution in [0.2, 0.25) is 0 Å². The molecule has 1 atom stereocenters. The van der Waals surface area contributed by atoms with Crippen molar-refractivity contribution in [2.24, 2.45) is 5.92 Å². The minimum absolute atomic E-state index is 0.444. The van der Waals surface area contributed by atoms with Gasteiger partial charge in [-0.1, -0.05) is 26.7 Å². The Bertz CT molecular complexity index is 188. The second-order valence-corrected chi connectivity index (χ2v) is 5.44. The maximum absolute atomic E-state index is 10.3. The van der Waals surface area contributed by atoms with Crippen molar-refractivity contribution in [1.29, 1.82) is 0 Å². The van der Waals surface area contributed by atoms with E-state index in [0.717, 1.165) is 32.4 Å². The Morgan fingerprint density at radius 3 is 2.44 bits per heavy atom. The predicted octanol–water partition coefficient (Wildman–Crippen LogP) is 1.94. The molecule has 0 bridgehead atoms. The molecule has 1 aliphatic rings. The van der Waals surface area contributed by atoms with Gasteiger partial charge in [-0.2, -0.15) is 0 Å². The molecule has 16 heavy (non-hydrogen) atoms. The second-order valence-electron chi connectivity index (χ2n) is 5.44. The first-order valence-corrected chi connectivity index (χ1v) is 6.52.